The second-order valence-corrected chi connectivity index (χ2v) is 10.5. The molecule has 3 heterocycles. The monoisotopic (exact) mass is 520 g/mol. The first-order valence-corrected chi connectivity index (χ1v) is 12.0. The van der Waals surface area contributed by atoms with E-state index >= 15 is 0 Å². The summed E-state index contributed by atoms with van der Waals surface area (Å²) in [7, 11) is 0. The molecular weight excluding hydrogens is 492 g/mol. The average molecular weight is 521 g/mol. The lowest BCUT2D eigenvalue weighted by Gasteiger charge is -2.39. The number of alkyl halides is 1. The zero-order valence-electron chi connectivity index (χ0n) is 18.9. The Hall–Kier alpha value is -2.23. The van der Waals surface area contributed by atoms with Gasteiger partial charge in [-0.2, -0.15) is 0 Å². The van der Waals surface area contributed by atoms with Crippen molar-refractivity contribution in [3.8, 4) is 0 Å². The number of fused-ring (bicyclic) bond motifs is 1. The lowest BCUT2D eigenvalue weighted by atomic mass is 9.70. The Morgan fingerprint density at radius 2 is 2.12 bits per heavy atom. The first kappa shape index (κ1) is 23.9. The summed E-state index contributed by atoms with van der Waals surface area (Å²) in [6.07, 6.45) is 1.25. The van der Waals surface area contributed by atoms with Crippen molar-refractivity contribution >= 4 is 39.4 Å². The predicted octanol–water partition coefficient (Wildman–Crippen LogP) is 2.04. The number of aliphatic hydroxyl groups excluding tert-OH is 1. The number of hydrogen-bond donors (Lipinski definition) is 2. The number of amides is 2. The fourth-order valence-corrected chi connectivity index (χ4v) is 6.73. The number of benzene rings is 1. The van der Waals surface area contributed by atoms with Gasteiger partial charge in [0.1, 0.15) is 11.6 Å². The molecular formula is C24H29BrN2O6. The summed E-state index contributed by atoms with van der Waals surface area (Å²) in [5, 5.41) is 19.8. The minimum atomic E-state index is -1.28. The predicted molar refractivity (Wildman–Crippen MR) is 125 cm³/mol. The molecule has 1 aromatic rings. The van der Waals surface area contributed by atoms with Gasteiger partial charge in [-0.05, 0) is 44.4 Å². The van der Waals surface area contributed by atoms with Crippen molar-refractivity contribution in [2.75, 3.05) is 18.1 Å². The van der Waals surface area contributed by atoms with Crippen molar-refractivity contribution in [2.45, 2.75) is 55.8 Å². The van der Waals surface area contributed by atoms with Crippen LogP contribution in [0.25, 0.3) is 0 Å². The molecule has 0 saturated carbocycles. The molecule has 3 aliphatic heterocycles. The maximum atomic E-state index is 14.2. The van der Waals surface area contributed by atoms with E-state index in [9.17, 15) is 24.6 Å². The molecule has 3 unspecified atom stereocenters. The summed E-state index contributed by atoms with van der Waals surface area (Å²) in [6, 6.07) is 4.05. The largest absolute Gasteiger partial charge is 0.481 e. The quantitative estimate of drug-likeness (QED) is 0.420. The van der Waals surface area contributed by atoms with Crippen LogP contribution in [0.15, 0.2) is 30.9 Å². The van der Waals surface area contributed by atoms with Gasteiger partial charge in [0.25, 0.3) is 5.91 Å². The molecule has 1 aromatic carbocycles. The zero-order chi connectivity index (χ0) is 24.2. The summed E-state index contributed by atoms with van der Waals surface area (Å²) in [6.45, 7) is 9.14. The van der Waals surface area contributed by atoms with Gasteiger partial charge in [-0.3, -0.25) is 14.4 Å². The summed E-state index contributed by atoms with van der Waals surface area (Å²) in [5.41, 5.74) is 1.27. The molecule has 8 nitrogen and oxygen atoms in total. The van der Waals surface area contributed by atoms with E-state index in [1.165, 1.54) is 4.90 Å². The number of anilines is 1. The van der Waals surface area contributed by atoms with Crippen molar-refractivity contribution in [3.63, 3.8) is 0 Å². The molecule has 3 aliphatic rings. The Balaban J connectivity index is 1.86. The van der Waals surface area contributed by atoms with Gasteiger partial charge in [0, 0.05) is 17.1 Å². The summed E-state index contributed by atoms with van der Waals surface area (Å²) < 4.78 is 6.27. The summed E-state index contributed by atoms with van der Waals surface area (Å²) in [5.74, 6) is -3.99. The number of carbonyl (C=O) groups is 3. The van der Waals surface area contributed by atoms with E-state index < -0.39 is 47.5 Å². The van der Waals surface area contributed by atoms with Crippen LogP contribution in [-0.2, 0) is 19.1 Å². The second-order valence-electron chi connectivity index (χ2n) is 9.31. The second kappa shape index (κ2) is 8.52. The van der Waals surface area contributed by atoms with E-state index in [4.69, 9.17) is 4.74 Å². The number of halogens is 1. The fourth-order valence-electron chi connectivity index (χ4n) is 5.79. The Kier molecular flexibility index (Phi) is 6.18. The van der Waals surface area contributed by atoms with Crippen LogP contribution in [0.1, 0.15) is 24.5 Å². The van der Waals surface area contributed by atoms with E-state index in [2.05, 4.69) is 22.5 Å². The van der Waals surface area contributed by atoms with Crippen LogP contribution < -0.4 is 4.90 Å². The number of ether oxygens (including phenoxy) is 1. The van der Waals surface area contributed by atoms with Crippen LogP contribution >= 0.6 is 15.9 Å². The van der Waals surface area contributed by atoms with Crippen LogP contribution in [-0.4, -0.2) is 74.7 Å². The Morgan fingerprint density at radius 3 is 2.73 bits per heavy atom. The number of aryl methyl sites for hydroxylation is 2. The van der Waals surface area contributed by atoms with Crippen molar-refractivity contribution in [3.05, 3.63) is 42.0 Å². The molecule has 33 heavy (non-hydrogen) atoms. The zero-order valence-corrected chi connectivity index (χ0v) is 20.5. The minimum absolute atomic E-state index is 0.208. The highest BCUT2D eigenvalue weighted by atomic mass is 79.9. The number of likely N-dealkylation sites (tertiary alicyclic amines) is 1. The molecule has 0 aromatic heterocycles. The third-order valence-electron chi connectivity index (χ3n) is 7.22. The van der Waals surface area contributed by atoms with E-state index in [1.54, 1.807) is 17.9 Å². The van der Waals surface area contributed by atoms with E-state index in [-0.39, 0.29) is 23.9 Å². The van der Waals surface area contributed by atoms with Gasteiger partial charge in [-0.25, -0.2) is 0 Å². The fraction of sp³-hybridized carbons (Fsp3) is 0.542. The molecule has 0 radical (unpaired) electrons. The standard InChI is InChI=1S/C24H29BrN2O6/c1-5-8-26(16-9-12(2)6-7-13(16)3)22(30)20-24-10-15(25)19(33-24)17(23(31)32)18(24)21(29)27(20)14(4)11-28/h5-7,9,14-15,17-20,28H,1,8,10-11H2,2-4H3,(H,31,32)/t14-,15?,17+,18+,19+,20?,24?/m1/s1. The number of aliphatic hydroxyl groups is 1. The van der Waals surface area contributed by atoms with Crippen molar-refractivity contribution < 1.29 is 29.3 Å². The van der Waals surface area contributed by atoms with E-state index in [1.807, 2.05) is 32.0 Å². The van der Waals surface area contributed by atoms with E-state index in [0.29, 0.717) is 12.1 Å². The van der Waals surface area contributed by atoms with Crippen molar-refractivity contribution in [2.24, 2.45) is 11.8 Å². The average Bonchev–Trinajstić information content (AvgIpc) is 3.36. The number of carbonyl (C=O) groups excluding carboxylic acids is 2. The summed E-state index contributed by atoms with van der Waals surface area (Å²) in [4.78, 5) is 42.6. The molecule has 2 N–H and O–H groups in total. The third kappa shape index (κ3) is 3.43. The Morgan fingerprint density at radius 1 is 1.42 bits per heavy atom. The molecule has 7 atom stereocenters. The highest BCUT2D eigenvalue weighted by Crippen LogP contribution is 2.60. The van der Waals surface area contributed by atoms with Crippen LogP contribution in [0.2, 0.25) is 0 Å². The first-order chi connectivity index (χ1) is 15.6. The van der Waals surface area contributed by atoms with Gasteiger partial charge >= 0.3 is 5.97 Å². The number of hydrogen-bond acceptors (Lipinski definition) is 5. The van der Waals surface area contributed by atoms with Gasteiger partial charge < -0.3 is 24.7 Å². The number of carboxylic acid groups (broad SMARTS) is 1. The Bertz CT molecular complexity index is 1010. The molecule has 1 spiro atoms. The highest BCUT2D eigenvalue weighted by molar-refractivity contribution is 9.09. The van der Waals surface area contributed by atoms with Crippen LogP contribution in [0.3, 0.4) is 0 Å². The minimum Gasteiger partial charge on any atom is -0.481 e. The maximum absolute atomic E-state index is 14.2. The van der Waals surface area contributed by atoms with Crippen molar-refractivity contribution in [1.29, 1.82) is 0 Å². The lowest BCUT2D eigenvalue weighted by molar-refractivity contribution is -0.150. The van der Waals surface area contributed by atoms with Crippen LogP contribution in [0.5, 0.6) is 0 Å². The lowest BCUT2D eigenvalue weighted by Crippen LogP contribution is -2.58. The van der Waals surface area contributed by atoms with Crippen LogP contribution in [0.4, 0.5) is 5.69 Å². The smallest absolute Gasteiger partial charge is 0.310 e. The molecule has 3 fully saturated rings. The maximum Gasteiger partial charge on any atom is 0.310 e. The van der Waals surface area contributed by atoms with Gasteiger partial charge in [0.05, 0.1) is 30.6 Å². The Labute approximate surface area is 201 Å². The van der Waals surface area contributed by atoms with Gasteiger partial charge in [-0.15, -0.1) is 6.58 Å². The molecule has 9 heteroatoms. The number of aliphatic carboxylic acids is 1. The molecule has 3 saturated heterocycles. The topological polar surface area (TPSA) is 107 Å². The molecule has 4 rings (SSSR count). The normalized spacial score (nSPS) is 33.2. The SMILES string of the molecule is C=CCN(C(=O)C1N([C@H](C)CO)C(=O)[C@@H]2[C@H](C(=O)O)[C@H]3OC12CC3Br)c1cc(C)ccc1C. The number of carboxylic acids is 1. The number of nitrogens with zero attached hydrogens (tertiary/aromatic N) is 2. The highest BCUT2D eigenvalue weighted by Gasteiger charge is 2.77. The summed E-state index contributed by atoms with van der Waals surface area (Å²) >= 11 is 3.53. The van der Waals surface area contributed by atoms with Gasteiger partial charge in [0.2, 0.25) is 5.91 Å². The van der Waals surface area contributed by atoms with Gasteiger partial charge in [0.15, 0.2) is 0 Å². The molecule has 178 valence electrons. The van der Waals surface area contributed by atoms with Crippen LogP contribution in [0, 0.1) is 25.7 Å². The number of rotatable bonds is 7. The third-order valence-corrected chi connectivity index (χ3v) is 8.06. The molecule has 0 aliphatic carbocycles. The molecule has 2 amide bonds. The van der Waals surface area contributed by atoms with Gasteiger partial charge in [-0.1, -0.05) is 34.1 Å². The first-order valence-electron chi connectivity index (χ1n) is 11.1. The van der Waals surface area contributed by atoms with E-state index in [0.717, 1.165) is 11.1 Å². The molecule has 2 bridgehead atoms. The van der Waals surface area contributed by atoms with Crippen molar-refractivity contribution in [1.82, 2.24) is 4.90 Å².